The van der Waals surface area contributed by atoms with E-state index in [1.807, 2.05) is 24.3 Å². The van der Waals surface area contributed by atoms with Gasteiger partial charge in [-0.3, -0.25) is 0 Å². The van der Waals surface area contributed by atoms with Gasteiger partial charge in [0.05, 0.1) is 12.8 Å². The van der Waals surface area contributed by atoms with Gasteiger partial charge in [-0.25, -0.2) is 0 Å². The van der Waals surface area contributed by atoms with Crippen molar-refractivity contribution >= 4 is 40.8 Å². The van der Waals surface area contributed by atoms with Crippen molar-refractivity contribution in [2.45, 2.75) is 6.61 Å². The second-order valence-corrected chi connectivity index (χ2v) is 6.03. The third-order valence-electron chi connectivity index (χ3n) is 3.26. The van der Waals surface area contributed by atoms with Crippen LogP contribution in [0.1, 0.15) is 5.82 Å². The fraction of sp³-hybridized carbons (Fsp3) is 0.118. The quantitative estimate of drug-likeness (QED) is 0.652. The summed E-state index contributed by atoms with van der Waals surface area (Å²) in [5.41, 5.74) is 6.47. The molecule has 7 nitrogen and oxygen atoms in total. The van der Waals surface area contributed by atoms with Gasteiger partial charge >= 0.3 is 0 Å². The van der Waals surface area contributed by atoms with Gasteiger partial charge in [0.15, 0.2) is 5.82 Å². The Balaban J connectivity index is 1.77. The topological polar surface area (TPSA) is 95.2 Å². The minimum absolute atomic E-state index is 0.0696. The summed E-state index contributed by atoms with van der Waals surface area (Å²) in [6.45, 7) is 0.0734. The van der Waals surface area contributed by atoms with E-state index in [0.29, 0.717) is 33.1 Å². The van der Waals surface area contributed by atoms with Gasteiger partial charge in [0.1, 0.15) is 18.1 Å². The molecule has 26 heavy (non-hydrogen) atoms. The van der Waals surface area contributed by atoms with E-state index >= 15 is 0 Å². The number of aromatic nitrogens is 3. The first-order valence-corrected chi connectivity index (χ1v) is 8.28. The van der Waals surface area contributed by atoms with Crippen molar-refractivity contribution in [3.63, 3.8) is 0 Å². The van der Waals surface area contributed by atoms with E-state index < -0.39 is 0 Å². The van der Waals surface area contributed by atoms with Crippen LogP contribution in [-0.4, -0.2) is 22.1 Å². The number of benzene rings is 2. The van der Waals surface area contributed by atoms with Gasteiger partial charge in [0.2, 0.25) is 11.9 Å². The molecule has 9 heteroatoms. The number of nitrogens with two attached hydrogens (primary N) is 1. The normalized spacial score (nSPS) is 10.4. The van der Waals surface area contributed by atoms with E-state index in [9.17, 15) is 0 Å². The number of methoxy groups -OCH3 is 1. The van der Waals surface area contributed by atoms with Crippen LogP contribution >= 0.6 is 23.2 Å². The van der Waals surface area contributed by atoms with Crippen LogP contribution in [0.5, 0.6) is 11.5 Å². The molecule has 0 aliphatic carbocycles. The smallest absolute Gasteiger partial charge is 0.232 e. The van der Waals surface area contributed by atoms with E-state index in [1.54, 1.807) is 25.3 Å². The molecule has 0 unspecified atom stereocenters. The first-order valence-electron chi connectivity index (χ1n) is 7.53. The lowest BCUT2D eigenvalue weighted by molar-refractivity contribution is 0.296. The standard InChI is InChI=1S/C17H15Cl2N5O2/c1-25-14-5-3-2-4-13(14)21-17-23-15(22-16(20)24-17)9-26-12-7-10(18)6-11(19)8-12/h2-8H,9H2,1H3,(H3,20,21,22,23,24). The minimum atomic E-state index is 0.0696. The highest BCUT2D eigenvalue weighted by molar-refractivity contribution is 6.34. The van der Waals surface area contributed by atoms with E-state index in [1.165, 1.54) is 0 Å². The molecule has 0 aliphatic heterocycles. The molecule has 0 fully saturated rings. The number of nitrogens with one attached hydrogen (secondary N) is 1. The fourth-order valence-electron chi connectivity index (χ4n) is 2.19. The van der Waals surface area contributed by atoms with Crippen LogP contribution in [-0.2, 0) is 6.61 Å². The number of nitrogen functional groups attached to an aromatic ring is 1. The van der Waals surface area contributed by atoms with Crippen molar-refractivity contribution in [1.29, 1.82) is 0 Å². The average molecular weight is 392 g/mol. The van der Waals surface area contributed by atoms with Crippen LogP contribution in [0.2, 0.25) is 10.0 Å². The van der Waals surface area contributed by atoms with Gasteiger partial charge in [-0.15, -0.1) is 0 Å². The summed E-state index contributed by atoms with van der Waals surface area (Å²) in [6.07, 6.45) is 0. The van der Waals surface area contributed by atoms with Gasteiger partial charge in [-0.05, 0) is 30.3 Å². The third kappa shape index (κ3) is 4.65. The second kappa shape index (κ2) is 8.07. The maximum atomic E-state index is 5.95. The molecule has 1 aromatic heterocycles. The Morgan fingerprint density at radius 3 is 2.50 bits per heavy atom. The van der Waals surface area contributed by atoms with Gasteiger partial charge in [0, 0.05) is 10.0 Å². The first-order chi connectivity index (χ1) is 12.5. The number of halogens is 2. The van der Waals surface area contributed by atoms with Crippen LogP contribution in [0.4, 0.5) is 17.6 Å². The Labute approximate surface area is 160 Å². The minimum Gasteiger partial charge on any atom is -0.495 e. The van der Waals surface area contributed by atoms with Crippen molar-refractivity contribution in [2.24, 2.45) is 0 Å². The summed E-state index contributed by atoms with van der Waals surface area (Å²) < 4.78 is 10.9. The lowest BCUT2D eigenvalue weighted by Gasteiger charge is -2.11. The number of hydrogen-bond acceptors (Lipinski definition) is 7. The highest BCUT2D eigenvalue weighted by Gasteiger charge is 2.09. The Kier molecular flexibility index (Phi) is 5.60. The predicted molar refractivity (Wildman–Crippen MR) is 101 cm³/mol. The van der Waals surface area contributed by atoms with Gasteiger partial charge in [-0.1, -0.05) is 35.3 Å². The van der Waals surface area contributed by atoms with Crippen molar-refractivity contribution in [3.8, 4) is 11.5 Å². The molecular formula is C17H15Cl2N5O2. The molecule has 0 atom stereocenters. The largest absolute Gasteiger partial charge is 0.495 e. The SMILES string of the molecule is COc1ccccc1Nc1nc(N)nc(COc2cc(Cl)cc(Cl)c2)n1. The Bertz CT molecular complexity index is 903. The number of hydrogen-bond donors (Lipinski definition) is 2. The lowest BCUT2D eigenvalue weighted by atomic mass is 10.3. The Hall–Kier alpha value is -2.77. The summed E-state index contributed by atoms with van der Waals surface area (Å²) in [4.78, 5) is 12.5. The molecular weight excluding hydrogens is 377 g/mol. The Morgan fingerprint density at radius 2 is 1.77 bits per heavy atom. The van der Waals surface area contributed by atoms with Gasteiger partial charge in [-0.2, -0.15) is 15.0 Å². The number of anilines is 3. The zero-order valence-electron chi connectivity index (χ0n) is 13.7. The van der Waals surface area contributed by atoms with E-state index in [-0.39, 0.29) is 18.5 Å². The van der Waals surface area contributed by atoms with Crippen molar-refractivity contribution < 1.29 is 9.47 Å². The van der Waals surface area contributed by atoms with Gasteiger partial charge < -0.3 is 20.5 Å². The van der Waals surface area contributed by atoms with Crippen LogP contribution in [0.3, 0.4) is 0 Å². The molecule has 0 spiro atoms. The number of rotatable bonds is 6. The molecule has 0 bridgehead atoms. The summed E-state index contributed by atoms with van der Waals surface area (Å²) in [6, 6.07) is 12.3. The monoisotopic (exact) mass is 391 g/mol. The fourth-order valence-corrected chi connectivity index (χ4v) is 2.69. The number of para-hydroxylation sites is 2. The molecule has 0 amide bonds. The molecule has 3 N–H and O–H groups in total. The molecule has 0 saturated heterocycles. The average Bonchev–Trinajstić information content (AvgIpc) is 2.59. The molecule has 0 aliphatic rings. The maximum absolute atomic E-state index is 5.95. The predicted octanol–water partition coefficient (Wildman–Crippen LogP) is 4.09. The van der Waals surface area contributed by atoms with Crippen LogP contribution in [0, 0.1) is 0 Å². The molecule has 0 saturated carbocycles. The molecule has 134 valence electrons. The van der Waals surface area contributed by atoms with Crippen LogP contribution in [0.15, 0.2) is 42.5 Å². The third-order valence-corrected chi connectivity index (χ3v) is 3.69. The highest BCUT2D eigenvalue weighted by Crippen LogP contribution is 2.26. The second-order valence-electron chi connectivity index (χ2n) is 5.15. The summed E-state index contributed by atoms with van der Waals surface area (Å²) in [5.74, 6) is 1.86. The Morgan fingerprint density at radius 1 is 1.04 bits per heavy atom. The van der Waals surface area contributed by atoms with Crippen LogP contribution < -0.4 is 20.5 Å². The zero-order valence-corrected chi connectivity index (χ0v) is 15.3. The molecule has 3 aromatic rings. The highest BCUT2D eigenvalue weighted by atomic mass is 35.5. The summed E-state index contributed by atoms with van der Waals surface area (Å²) in [5, 5.41) is 4.00. The van der Waals surface area contributed by atoms with E-state index in [0.717, 1.165) is 0 Å². The molecule has 1 heterocycles. The summed E-state index contributed by atoms with van der Waals surface area (Å²) in [7, 11) is 1.58. The van der Waals surface area contributed by atoms with Gasteiger partial charge in [0.25, 0.3) is 0 Å². The number of ether oxygens (including phenoxy) is 2. The maximum Gasteiger partial charge on any atom is 0.232 e. The first kappa shape index (κ1) is 18.0. The van der Waals surface area contributed by atoms with Crippen molar-refractivity contribution in [3.05, 3.63) is 58.3 Å². The molecule has 3 rings (SSSR count). The van der Waals surface area contributed by atoms with Crippen molar-refractivity contribution in [2.75, 3.05) is 18.2 Å². The lowest BCUT2D eigenvalue weighted by Crippen LogP contribution is -2.09. The molecule has 0 radical (unpaired) electrons. The summed E-state index contributed by atoms with van der Waals surface area (Å²) >= 11 is 11.9. The van der Waals surface area contributed by atoms with E-state index in [2.05, 4.69) is 20.3 Å². The van der Waals surface area contributed by atoms with Crippen molar-refractivity contribution in [1.82, 2.24) is 15.0 Å². The molecule has 2 aromatic carbocycles. The zero-order chi connectivity index (χ0) is 18.5. The van der Waals surface area contributed by atoms with Crippen LogP contribution in [0.25, 0.3) is 0 Å². The van der Waals surface area contributed by atoms with E-state index in [4.69, 9.17) is 38.4 Å². The number of nitrogens with zero attached hydrogens (tertiary/aromatic N) is 3.